The number of aryl methyl sites for hydroxylation is 2. The number of hydrogen-bond donors (Lipinski definition) is 2. The number of aliphatic imine (C=N–C) groups is 1. The van der Waals surface area contributed by atoms with Crippen molar-refractivity contribution in [2.45, 2.75) is 34.0 Å². The number of carbonyl (C=O) groups is 3. The molecule has 0 saturated carbocycles. The van der Waals surface area contributed by atoms with E-state index in [1.807, 2.05) is 38.8 Å². The summed E-state index contributed by atoms with van der Waals surface area (Å²) in [5, 5.41) is 14.8. The lowest BCUT2D eigenvalue weighted by Crippen LogP contribution is -2.14. The minimum Gasteiger partial charge on any atom is -0.473 e. The highest BCUT2D eigenvalue weighted by atomic mass is 19.3. The Labute approximate surface area is 195 Å². The Bertz CT molecular complexity index is 1010. The van der Waals surface area contributed by atoms with Gasteiger partial charge in [0.2, 0.25) is 0 Å². The van der Waals surface area contributed by atoms with E-state index in [-0.39, 0.29) is 12.4 Å². The van der Waals surface area contributed by atoms with Crippen LogP contribution in [0.25, 0.3) is 0 Å². The number of esters is 1. The minimum absolute atomic E-state index is 0.0352. The number of aliphatic carboxylic acids is 2. The van der Waals surface area contributed by atoms with E-state index in [1.54, 1.807) is 24.5 Å². The molecule has 0 spiro atoms. The van der Waals surface area contributed by atoms with E-state index in [4.69, 9.17) is 24.5 Å². The van der Waals surface area contributed by atoms with Gasteiger partial charge in [0.15, 0.2) is 0 Å². The third kappa shape index (κ3) is 9.63. The Kier molecular flexibility index (Phi) is 11.1. The first-order chi connectivity index (χ1) is 15.9. The van der Waals surface area contributed by atoms with Crippen LogP contribution in [0.3, 0.4) is 0 Å². The van der Waals surface area contributed by atoms with Crippen molar-refractivity contribution in [3.63, 3.8) is 0 Å². The van der Waals surface area contributed by atoms with E-state index < -0.39 is 24.5 Å². The molecule has 0 amide bonds. The molecule has 0 fully saturated rings. The largest absolute Gasteiger partial charge is 0.473 e. The van der Waals surface area contributed by atoms with Crippen LogP contribution in [0.4, 0.5) is 14.5 Å². The zero-order valence-corrected chi connectivity index (χ0v) is 19.1. The third-order valence-electron chi connectivity index (χ3n) is 4.36. The molecule has 0 aliphatic rings. The predicted molar refractivity (Wildman–Crippen MR) is 120 cm³/mol. The molecule has 34 heavy (non-hydrogen) atoms. The Morgan fingerprint density at radius 1 is 1.06 bits per heavy atom. The first-order valence-corrected chi connectivity index (χ1v) is 9.97. The van der Waals surface area contributed by atoms with Crippen LogP contribution < -0.4 is 4.74 Å². The summed E-state index contributed by atoms with van der Waals surface area (Å²) in [6.45, 7) is 3.76. The van der Waals surface area contributed by atoms with E-state index in [0.29, 0.717) is 11.1 Å². The predicted octanol–water partition coefficient (Wildman–Crippen LogP) is 4.03. The summed E-state index contributed by atoms with van der Waals surface area (Å²) in [4.78, 5) is 37.0. The van der Waals surface area contributed by atoms with Crippen molar-refractivity contribution >= 4 is 29.9 Å². The lowest BCUT2D eigenvalue weighted by molar-refractivity contribution is -0.159. The second kappa shape index (κ2) is 13.5. The fourth-order valence-corrected chi connectivity index (χ4v) is 2.40. The van der Waals surface area contributed by atoms with Gasteiger partial charge in [0.1, 0.15) is 12.4 Å². The number of carbonyl (C=O) groups excluding carboxylic acids is 1. The maximum absolute atomic E-state index is 12.4. The molecule has 0 aliphatic carbocycles. The normalized spacial score (nSPS) is 10.4. The summed E-state index contributed by atoms with van der Waals surface area (Å²) in [6.07, 6.45) is 1.75. The van der Waals surface area contributed by atoms with Gasteiger partial charge in [-0.2, -0.15) is 8.78 Å². The number of carboxylic acid groups (broad SMARTS) is 2. The third-order valence-corrected chi connectivity index (χ3v) is 4.36. The molecule has 0 atom stereocenters. The summed E-state index contributed by atoms with van der Waals surface area (Å²) < 4.78 is 34.0. The number of hydrogen-bond acceptors (Lipinski definition) is 6. The highest BCUT2D eigenvalue weighted by Gasteiger charge is 2.13. The average Bonchev–Trinajstić information content (AvgIpc) is 2.78. The molecule has 0 heterocycles. The minimum atomic E-state index is -2.87. The van der Waals surface area contributed by atoms with Gasteiger partial charge in [0.25, 0.3) is 0 Å². The highest BCUT2D eigenvalue weighted by Crippen LogP contribution is 2.24. The fourth-order valence-electron chi connectivity index (χ4n) is 2.40. The van der Waals surface area contributed by atoms with Gasteiger partial charge in [-0.3, -0.25) is 0 Å². The molecule has 0 aromatic heterocycles. The second-order valence-electron chi connectivity index (χ2n) is 6.98. The monoisotopic (exact) mass is 480 g/mol. The van der Waals surface area contributed by atoms with Gasteiger partial charge < -0.3 is 24.6 Å². The van der Waals surface area contributed by atoms with Gasteiger partial charge in [-0.1, -0.05) is 12.1 Å². The topological polar surface area (TPSA) is 126 Å². The number of halogens is 2. The van der Waals surface area contributed by atoms with Crippen molar-refractivity contribution in [3.05, 3.63) is 58.7 Å². The molecule has 2 aromatic rings. The Balaban J connectivity index is 0.000000852. The number of carboxylic acids is 2. The van der Waals surface area contributed by atoms with E-state index in [0.717, 1.165) is 23.4 Å². The lowest BCUT2D eigenvalue weighted by atomic mass is 10.0. The maximum atomic E-state index is 12.4. The first kappa shape index (κ1) is 28.0. The number of rotatable bonds is 8. The fraction of sp³-hybridized carbons (Fsp3) is 0.304. The van der Waals surface area contributed by atoms with Crippen LogP contribution in [-0.2, 0) is 20.9 Å². The summed E-state index contributed by atoms with van der Waals surface area (Å²) in [5.74, 6) is -4.04. The number of nitrogens with zero attached hydrogens (tertiary/aromatic N) is 2. The Morgan fingerprint density at radius 3 is 2.15 bits per heavy atom. The zero-order valence-electron chi connectivity index (χ0n) is 19.1. The number of ether oxygens (including phenoxy) is 2. The van der Waals surface area contributed by atoms with Crippen LogP contribution in [-0.4, -0.2) is 59.6 Å². The molecule has 0 saturated heterocycles. The molecule has 0 bridgehead atoms. The summed E-state index contributed by atoms with van der Waals surface area (Å²) in [7, 11) is 1.93. The van der Waals surface area contributed by atoms with Crippen molar-refractivity contribution in [2.24, 2.45) is 4.99 Å². The molecule has 184 valence electrons. The number of benzene rings is 2. The van der Waals surface area contributed by atoms with Gasteiger partial charge >= 0.3 is 24.5 Å². The maximum Gasteiger partial charge on any atom is 0.414 e. The molecule has 2 aromatic carbocycles. The molecule has 0 unspecified atom stereocenters. The van der Waals surface area contributed by atoms with E-state index in [1.165, 1.54) is 12.1 Å². The van der Waals surface area contributed by atoms with Crippen LogP contribution in [0.2, 0.25) is 0 Å². The van der Waals surface area contributed by atoms with E-state index in [9.17, 15) is 13.6 Å². The molecule has 0 radical (unpaired) electrons. The number of alkyl halides is 2. The van der Waals surface area contributed by atoms with Gasteiger partial charge in [0.05, 0.1) is 17.6 Å². The quantitative estimate of drug-likeness (QED) is 0.251. The van der Waals surface area contributed by atoms with Crippen LogP contribution in [0.1, 0.15) is 34.0 Å². The molecule has 11 heteroatoms. The van der Waals surface area contributed by atoms with Crippen molar-refractivity contribution in [2.75, 3.05) is 13.6 Å². The van der Waals surface area contributed by atoms with Crippen LogP contribution in [0.15, 0.2) is 41.4 Å². The van der Waals surface area contributed by atoms with E-state index >= 15 is 0 Å². The molecule has 2 rings (SSSR count). The van der Waals surface area contributed by atoms with Crippen molar-refractivity contribution < 1.29 is 42.9 Å². The standard InChI is InChI=1S/C21H24F2N2O3.C2H2O4/c1-5-25(4)13-24-19-11-14(2)18(10-15(19)3)20(26)27-12-16-6-8-17(9-7-16)28-21(22)23;3-1(4)2(5)6/h6-11,13,21H,5,12H2,1-4H3;(H,3,4)(H,5,6). The van der Waals surface area contributed by atoms with Gasteiger partial charge in [-0.15, -0.1) is 0 Å². The van der Waals surface area contributed by atoms with E-state index in [2.05, 4.69) is 9.73 Å². The van der Waals surface area contributed by atoms with Crippen LogP contribution >= 0.6 is 0 Å². The van der Waals surface area contributed by atoms with Crippen molar-refractivity contribution in [3.8, 4) is 5.75 Å². The Hall–Kier alpha value is -4.02. The second-order valence-corrected chi connectivity index (χ2v) is 6.98. The molecular formula is C23H26F2N2O7. The smallest absolute Gasteiger partial charge is 0.414 e. The first-order valence-electron chi connectivity index (χ1n) is 9.97. The SMILES string of the molecule is CCN(C)C=Nc1cc(C)c(C(=O)OCc2ccc(OC(F)F)cc2)cc1C.O=C(O)C(=O)O. The summed E-state index contributed by atoms with van der Waals surface area (Å²) >= 11 is 0. The zero-order chi connectivity index (χ0) is 25.8. The van der Waals surface area contributed by atoms with Crippen LogP contribution in [0.5, 0.6) is 5.75 Å². The molecule has 9 nitrogen and oxygen atoms in total. The average molecular weight is 480 g/mol. The summed E-state index contributed by atoms with van der Waals surface area (Å²) in [6, 6.07) is 9.57. The highest BCUT2D eigenvalue weighted by molar-refractivity contribution is 6.27. The van der Waals surface area contributed by atoms with Crippen molar-refractivity contribution in [1.82, 2.24) is 4.90 Å². The lowest BCUT2D eigenvalue weighted by Gasteiger charge is -2.12. The molecular weight excluding hydrogens is 454 g/mol. The molecule has 2 N–H and O–H groups in total. The van der Waals surface area contributed by atoms with Gasteiger partial charge in [0, 0.05) is 13.6 Å². The summed E-state index contributed by atoms with van der Waals surface area (Å²) in [5.41, 5.74) is 3.57. The van der Waals surface area contributed by atoms with Crippen LogP contribution in [0, 0.1) is 13.8 Å². The Morgan fingerprint density at radius 2 is 1.65 bits per heavy atom. The van der Waals surface area contributed by atoms with Crippen molar-refractivity contribution in [1.29, 1.82) is 0 Å². The van der Waals surface area contributed by atoms with Gasteiger partial charge in [-0.25, -0.2) is 19.4 Å². The molecule has 0 aliphatic heterocycles. The van der Waals surface area contributed by atoms with Gasteiger partial charge in [-0.05, 0) is 61.7 Å².